The number of nitrogens with two attached hydrogens (primary N) is 1. The second-order valence-corrected chi connectivity index (χ2v) is 5.11. The van der Waals surface area contributed by atoms with Gasteiger partial charge in [-0.2, -0.15) is 0 Å². The zero-order valence-electron chi connectivity index (χ0n) is 9.88. The molecule has 3 N–H and O–H groups in total. The van der Waals surface area contributed by atoms with E-state index < -0.39 is 23.1 Å². The summed E-state index contributed by atoms with van der Waals surface area (Å²) in [5.41, 5.74) is 5.21. The van der Waals surface area contributed by atoms with Gasteiger partial charge in [-0.15, -0.1) is 0 Å². The Morgan fingerprint density at radius 1 is 1.10 bits per heavy atom. The molecule has 2 rings (SSSR count). The fourth-order valence-electron chi connectivity index (χ4n) is 1.59. The summed E-state index contributed by atoms with van der Waals surface area (Å²) < 4.78 is 41.1. The molecule has 0 aliphatic heterocycles. The maximum absolute atomic E-state index is 14.1. The van der Waals surface area contributed by atoms with Crippen LogP contribution in [0, 0.1) is 17.5 Å². The largest absolute Gasteiger partial charge is 0.389 e. The van der Waals surface area contributed by atoms with E-state index in [1.165, 1.54) is 18.2 Å². The number of nitrogens with one attached hydrogen (secondary N) is 1. The topological polar surface area (TPSA) is 38.0 Å². The summed E-state index contributed by atoms with van der Waals surface area (Å²) >= 11 is 7.78. The van der Waals surface area contributed by atoms with Gasteiger partial charge in [0.15, 0.2) is 5.82 Å². The minimum atomic E-state index is -0.820. The van der Waals surface area contributed by atoms with Crippen LogP contribution in [0.5, 0.6) is 0 Å². The molecule has 0 aromatic heterocycles. The summed E-state index contributed by atoms with van der Waals surface area (Å²) in [5, 5.41) is 2.38. The van der Waals surface area contributed by atoms with Crippen molar-refractivity contribution in [3.8, 4) is 0 Å². The third kappa shape index (κ3) is 2.78. The van der Waals surface area contributed by atoms with Crippen LogP contribution in [0.25, 0.3) is 0 Å². The van der Waals surface area contributed by atoms with E-state index in [-0.39, 0.29) is 15.1 Å². The molecule has 104 valence electrons. The third-order valence-corrected chi connectivity index (χ3v) is 3.57. The highest BCUT2D eigenvalue weighted by molar-refractivity contribution is 9.10. The molecule has 0 heterocycles. The van der Waals surface area contributed by atoms with Crippen LogP contribution in [0.2, 0.25) is 0 Å². The van der Waals surface area contributed by atoms with Crippen LogP contribution in [-0.4, -0.2) is 4.99 Å². The molecule has 2 aromatic carbocycles. The first-order chi connectivity index (χ1) is 9.41. The quantitative estimate of drug-likeness (QED) is 0.803. The van der Waals surface area contributed by atoms with Gasteiger partial charge in [0.1, 0.15) is 22.3 Å². The first-order valence-electron chi connectivity index (χ1n) is 5.40. The van der Waals surface area contributed by atoms with E-state index in [1.54, 1.807) is 0 Å². The fraction of sp³-hybridized carbons (Fsp3) is 0. The Balaban J connectivity index is 2.45. The number of halogens is 4. The number of hydrogen-bond donors (Lipinski definition) is 2. The van der Waals surface area contributed by atoms with Crippen molar-refractivity contribution >= 4 is 44.5 Å². The predicted molar refractivity (Wildman–Crippen MR) is 79.6 cm³/mol. The molecule has 0 unspecified atom stereocenters. The molecule has 7 heteroatoms. The maximum atomic E-state index is 14.1. The summed E-state index contributed by atoms with van der Waals surface area (Å²) in [5.74, 6) is -2.38. The van der Waals surface area contributed by atoms with E-state index in [0.29, 0.717) is 5.56 Å². The van der Waals surface area contributed by atoms with Gasteiger partial charge >= 0.3 is 0 Å². The molecule has 2 nitrogen and oxygen atoms in total. The van der Waals surface area contributed by atoms with Gasteiger partial charge in [0.25, 0.3) is 0 Å². The average Bonchev–Trinajstić information content (AvgIpc) is 2.38. The Labute approximate surface area is 126 Å². The van der Waals surface area contributed by atoms with Gasteiger partial charge in [-0.3, -0.25) is 0 Å². The maximum Gasteiger partial charge on any atom is 0.161 e. The highest BCUT2D eigenvalue weighted by atomic mass is 79.9. The highest BCUT2D eigenvalue weighted by Crippen LogP contribution is 2.30. The Hall–Kier alpha value is -1.60. The van der Waals surface area contributed by atoms with Crippen molar-refractivity contribution in [2.24, 2.45) is 5.73 Å². The highest BCUT2D eigenvalue weighted by Gasteiger charge is 2.15. The molecule has 0 fully saturated rings. The zero-order valence-corrected chi connectivity index (χ0v) is 12.3. The first-order valence-corrected chi connectivity index (χ1v) is 6.60. The number of para-hydroxylation sites is 1. The first kappa shape index (κ1) is 14.8. The van der Waals surface area contributed by atoms with Crippen molar-refractivity contribution in [2.45, 2.75) is 0 Å². The Morgan fingerprint density at radius 3 is 2.25 bits per heavy atom. The van der Waals surface area contributed by atoms with E-state index in [1.807, 2.05) is 0 Å². The Kier molecular flexibility index (Phi) is 4.29. The minimum Gasteiger partial charge on any atom is -0.389 e. The molecular weight excluding hydrogens is 353 g/mol. The van der Waals surface area contributed by atoms with E-state index in [9.17, 15) is 13.2 Å². The van der Waals surface area contributed by atoms with Crippen LogP contribution in [0.4, 0.5) is 24.5 Å². The lowest BCUT2D eigenvalue weighted by Crippen LogP contribution is -2.11. The molecule has 0 atom stereocenters. The van der Waals surface area contributed by atoms with Gasteiger partial charge in [0, 0.05) is 5.56 Å². The summed E-state index contributed by atoms with van der Waals surface area (Å²) in [4.78, 5) is 0.0133. The summed E-state index contributed by atoms with van der Waals surface area (Å²) in [7, 11) is 0. The van der Waals surface area contributed by atoms with Crippen molar-refractivity contribution in [3.05, 3.63) is 57.8 Å². The molecule has 0 aliphatic rings. The second kappa shape index (κ2) is 5.80. The lowest BCUT2D eigenvalue weighted by Gasteiger charge is -2.12. The van der Waals surface area contributed by atoms with Gasteiger partial charge in [0.2, 0.25) is 0 Å². The minimum absolute atomic E-state index is 0.0133. The van der Waals surface area contributed by atoms with Crippen molar-refractivity contribution < 1.29 is 13.2 Å². The number of rotatable bonds is 3. The molecule has 20 heavy (non-hydrogen) atoms. The SMILES string of the molecule is NC(=S)c1ccc(Nc2c(F)cccc2F)c(F)c1Br. The van der Waals surface area contributed by atoms with Gasteiger partial charge in [-0.25, -0.2) is 13.2 Å². The van der Waals surface area contributed by atoms with E-state index in [4.69, 9.17) is 18.0 Å². The molecule has 2 aromatic rings. The predicted octanol–water partition coefficient (Wildman–Crippen LogP) is 4.24. The van der Waals surface area contributed by atoms with Gasteiger partial charge in [-0.1, -0.05) is 18.3 Å². The van der Waals surface area contributed by atoms with E-state index >= 15 is 0 Å². The van der Waals surface area contributed by atoms with Crippen LogP contribution < -0.4 is 11.1 Å². The van der Waals surface area contributed by atoms with Crippen LogP contribution in [0.15, 0.2) is 34.8 Å². The zero-order chi connectivity index (χ0) is 14.9. The Bertz CT molecular complexity index is 671. The molecule has 0 bridgehead atoms. The van der Waals surface area contributed by atoms with Crippen molar-refractivity contribution in [2.75, 3.05) is 5.32 Å². The lowest BCUT2D eigenvalue weighted by molar-refractivity contribution is 0.589. The van der Waals surface area contributed by atoms with Gasteiger partial charge < -0.3 is 11.1 Å². The van der Waals surface area contributed by atoms with Crippen molar-refractivity contribution in [1.29, 1.82) is 0 Å². The summed E-state index contributed by atoms with van der Waals surface area (Å²) in [6.07, 6.45) is 0. The number of thiocarbonyl (C=S) groups is 1. The second-order valence-electron chi connectivity index (χ2n) is 3.87. The third-order valence-electron chi connectivity index (χ3n) is 2.57. The standard InChI is InChI=1S/C13H8BrF3N2S/c14-10-6(13(18)20)4-5-9(11(10)17)19-12-7(15)2-1-3-8(12)16/h1-5,19H,(H2,18,20). The smallest absolute Gasteiger partial charge is 0.161 e. The lowest BCUT2D eigenvalue weighted by atomic mass is 10.2. The summed E-state index contributed by atoms with van der Waals surface area (Å²) in [6, 6.07) is 6.12. The molecule has 0 saturated carbocycles. The number of benzene rings is 2. The molecular formula is C13H8BrF3N2S. The Morgan fingerprint density at radius 2 is 1.70 bits per heavy atom. The van der Waals surface area contributed by atoms with Gasteiger partial charge in [-0.05, 0) is 40.2 Å². The van der Waals surface area contributed by atoms with E-state index in [0.717, 1.165) is 12.1 Å². The van der Waals surface area contributed by atoms with Crippen molar-refractivity contribution in [1.82, 2.24) is 0 Å². The van der Waals surface area contributed by atoms with Crippen LogP contribution in [0.1, 0.15) is 5.56 Å². The fourth-order valence-corrected chi connectivity index (χ4v) is 2.45. The molecule has 0 amide bonds. The molecule has 0 radical (unpaired) electrons. The average molecular weight is 361 g/mol. The normalized spacial score (nSPS) is 10.4. The molecule has 0 aliphatic carbocycles. The number of anilines is 2. The van der Waals surface area contributed by atoms with Gasteiger partial charge in [0.05, 0.1) is 10.2 Å². The van der Waals surface area contributed by atoms with Crippen LogP contribution >= 0.6 is 28.1 Å². The molecule has 0 saturated heterocycles. The number of hydrogen-bond acceptors (Lipinski definition) is 2. The van der Waals surface area contributed by atoms with Crippen molar-refractivity contribution in [3.63, 3.8) is 0 Å². The van der Waals surface area contributed by atoms with Crippen LogP contribution in [-0.2, 0) is 0 Å². The summed E-state index contributed by atoms with van der Waals surface area (Å²) in [6.45, 7) is 0. The van der Waals surface area contributed by atoms with E-state index in [2.05, 4.69) is 21.2 Å². The van der Waals surface area contributed by atoms with Crippen LogP contribution in [0.3, 0.4) is 0 Å². The molecule has 0 spiro atoms. The monoisotopic (exact) mass is 360 g/mol.